The Balaban J connectivity index is 1.86. The van der Waals surface area contributed by atoms with E-state index in [4.69, 9.17) is 16.3 Å². The molecule has 0 aliphatic carbocycles. The molecule has 31 heavy (non-hydrogen) atoms. The van der Waals surface area contributed by atoms with Crippen molar-refractivity contribution in [3.63, 3.8) is 0 Å². The van der Waals surface area contributed by atoms with E-state index in [-0.39, 0.29) is 10.8 Å². The fraction of sp³-hybridized carbons (Fsp3) is 0.227. The van der Waals surface area contributed by atoms with E-state index in [1.54, 1.807) is 18.0 Å². The van der Waals surface area contributed by atoms with Crippen molar-refractivity contribution in [1.29, 1.82) is 0 Å². The van der Waals surface area contributed by atoms with Crippen LogP contribution in [0, 0.1) is 0 Å². The number of hydrogen-bond acceptors (Lipinski definition) is 8. The maximum Gasteiger partial charge on any atom is 0.365 e. The molecule has 0 bridgehead atoms. The summed E-state index contributed by atoms with van der Waals surface area (Å²) in [7, 11) is 1.32. The molecule has 1 unspecified atom stereocenters. The molecule has 0 saturated carbocycles. The first-order valence-electron chi connectivity index (χ1n) is 9.50. The molecule has 4 rings (SSSR count). The maximum atomic E-state index is 12.5. The van der Waals surface area contributed by atoms with Crippen molar-refractivity contribution in [2.24, 2.45) is 5.10 Å². The zero-order chi connectivity index (χ0) is 22.2. The number of anilines is 1. The molecule has 0 N–H and O–H groups in total. The van der Waals surface area contributed by atoms with Crippen LogP contribution in [0.5, 0.6) is 0 Å². The second-order valence-electron chi connectivity index (χ2n) is 6.96. The van der Waals surface area contributed by atoms with Gasteiger partial charge in [0.15, 0.2) is 5.78 Å². The van der Waals surface area contributed by atoms with Gasteiger partial charge in [-0.2, -0.15) is 5.10 Å². The Hall–Kier alpha value is -2.42. The average molecular weight is 474 g/mol. The lowest BCUT2D eigenvalue weighted by Gasteiger charge is -2.41. The lowest BCUT2D eigenvalue weighted by atomic mass is 10.2. The van der Waals surface area contributed by atoms with E-state index in [0.29, 0.717) is 22.2 Å². The van der Waals surface area contributed by atoms with Gasteiger partial charge >= 0.3 is 5.97 Å². The van der Waals surface area contributed by atoms with Gasteiger partial charge in [-0.1, -0.05) is 65.8 Å². The molecule has 0 saturated heterocycles. The Morgan fingerprint density at radius 2 is 1.77 bits per heavy atom. The number of hydrazone groups is 1. The number of nitrogens with zero attached hydrogens (tertiary/aromatic N) is 3. The topological polar surface area (TPSA) is 62.2 Å². The lowest BCUT2D eigenvalue weighted by molar-refractivity contribution is -0.132. The largest absolute Gasteiger partial charge is 0.464 e. The number of hydrogen-bond donors (Lipinski definition) is 0. The van der Waals surface area contributed by atoms with E-state index in [1.165, 1.54) is 30.6 Å². The first-order chi connectivity index (χ1) is 14.9. The number of Topliss-reactive ketones (excluding diaryl/α,β-unsaturated/α-hetero) is 1. The standard InChI is InChI=1S/C22H20ClN3O3S2/c1-14-19(15(2)27)30-22(25(14)13-16-9-5-4-6-10-16)26(18-12-8-7-11-17(18)23)24-20(31-22)21(28)29-3/h4-12H,13H2,1-3H3. The zero-order valence-corrected chi connectivity index (χ0v) is 19.6. The van der Waals surface area contributed by atoms with E-state index in [1.807, 2.05) is 55.5 Å². The molecular weight excluding hydrogens is 454 g/mol. The molecular formula is C22H20ClN3O3S2. The summed E-state index contributed by atoms with van der Waals surface area (Å²) in [5.74, 6) is -0.572. The van der Waals surface area contributed by atoms with Crippen LogP contribution in [0.3, 0.4) is 0 Å². The second-order valence-corrected chi connectivity index (χ2v) is 9.96. The third kappa shape index (κ3) is 3.84. The van der Waals surface area contributed by atoms with E-state index >= 15 is 0 Å². The number of methoxy groups -OCH3 is 1. The Morgan fingerprint density at radius 3 is 2.42 bits per heavy atom. The second kappa shape index (κ2) is 8.61. The van der Waals surface area contributed by atoms with Crippen LogP contribution in [-0.4, -0.2) is 33.1 Å². The molecule has 0 fully saturated rings. The van der Waals surface area contributed by atoms with Crippen molar-refractivity contribution in [3.8, 4) is 0 Å². The van der Waals surface area contributed by atoms with Crippen molar-refractivity contribution < 1.29 is 14.3 Å². The number of allylic oxidation sites excluding steroid dienone is 2. The molecule has 6 nitrogen and oxygen atoms in total. The van der Waals surface area contributed by atoms with E-state index in [2.05, 4.69) is 10.0 Å². The van der Waals surface area contributed by atoms with Gasteiger partial charge in [-0.25, -0.2) is 9.80 Å². The molecule has 2 aromatic carbocycles. The zero-order valence-electron chi connectivity index (χ0n) is 17.2. The van der Waals surface area contributed by atoms with Crippen molar-refractivity contribution in [2.75, 3.05) is 12.1 Å². The number of benzene rings is 2. The van der Waals surface area contributed by atoms with Crippen molar-refractivity contribution in [3.05, 3.63) is 75.8 Å². The molecule has 0 aromatic heterocycles. The first kappa shape index (κ1) is 21.8. The molecule has 0 radical (unpaired) electrons. The molecule has 1 spiro atoms. The van der Waals surface area contributed by atoms with E-state index in [0.717, 1.165) is 11.3 Å². The van der Waals surface area contributed by atoms with E-state index in [9.17, 15) is 9.59 Å². The molecule has 2 aromatic rings. The summed E-state index contributed by atoms with van der Waals surface area (Å²) in [5.41, 5.74) is 2.53. The number of carbonyl (C=O) groups is 2. The SMILES string of the molecule is COC(=O)C1=NN(c2ccccc2Cl)C2(S1)SC(C(C)=O)=C(C)N2Cc1ccccc1. The minimum absolute atomic E-state index is 0.0383. The monoisotopic (exact) mass is 473 g/mol. The average Bonchev–Trinajstić information content (AvgIpc) is 3.28. The highest BCUT2D eigenvalue weighted by Gasteiger charge is 2.57. The van der Waals surface area contributed by atoms with Crippen LogP contribution in [0.25, 0.3) is 0 Å². The number of para-hydroxylation sites is 1. The molecule has 9 heteroatoms. The third-order valence-electron chi connectivity index (χ3n) is 4.94. The third-order valence-corrected chi connectivity index (χ3v) is 8.31. The van der Waals surface area contributed by atoms with Crippen LogP contribution in [-0.2, 0) is 20.9 Å². The minimum Gasteiger partial charge on any atom is -0.464 e. The minimum atomic E-state index is -0.935. The fourth-order valence-electron chi connectivity index (χ4n) is 3.48. The molecule has 1 atom stereocenters. The van der Waals surface area contributed by atoms with Crippen LogP contribution >= 0.6 is 35.1 Å². The van der Waals surface area contributed by atoms with E-state index < -0.39 is 10.3 Å². The Morgan fingerprint density at radius 1 is 1.10 bits per heavy atom. The highest BCUT2D eigenvalue weighted by molar-refractivity contribution is 8.28. The van der Waals surface area contributed by atoms with Gasteiger partial charge in [0.05, 0.1) is 22.7 Å². The highest BCUT2D eigenvalue weighted by atomic mass is 35.5. The smallest absolute Gasteiger partial charge is 0.365 e. The van der Waals surface area contributed by atoms with Gasteiger partial charge in [0.1, 0.15) is 0 Å². The molecule has 0 amide bonds. The molecule has 160 valence electrons. The van der Waals surface area contributed by atoms with Gasteiger partial charge in [0.25, 0.3) is 0 Å². The van der Waals surface area contributed by atoms with Crippen LogP contribution in [0.15, 0.2) is 70.3 Å². The summed E-state index contributed by atoms with van der Waals surface area (Å²) in [6.07, 6.45) is 0. The van der Waals surface area contributed by atoms with Crippen molar-refractivity contribution >= 4 is 57.6 Å². The number of carbonyl (C=O) groups excluding carboxylic acids is 2. The van der Waals surface area contributed by atoms with Crippen LogP contribution in [0.4, 0.5) is 5.69 Å². The summed E-state index contributed by atoms with van der Waals surface area (Å²) in [6, 6.07) is 17.3. The van der Waals surface area contributed by atoms with Gasteiger partial charge in [-0.05, 0) is 43.3 Å². The van der Waals surface area contributed by atoms with Gasteiger partial charge < -0.3 is 9.64 Å². The van der Waals surface area contributed by atoms with Gasteiger partial charge in [-0.15, -0.1) is 0 Å². The molecule has 2 heterocycles. The van der Waals surface area contributed by atoms with Crippen LogP contribution in [0.1, 0.15) is 19.4 Å². The number of esters is 1. The Kier molecular flexibility index (Phi) is 6.05. The summed E-state index contributed by atoms with van der Waals surface area (Å²) in [6.45, 7) is 3.99. The van der Waals surface area contributed by atoms with Gasteiger partial charge in [0.2, 0.25) is 9.37 Å². The van der Waals surface area contributed by atoms with Crippen LogP contribution in [0.2, 0.25) is 5.02 Å². The molecule has 2 aliphatic heterocycles. The highest BCUT2D eigenvalue weighted by Crippen LogP contribution is 2.60. The number of thioether (sulfide) groups is 2. The van der Waals surface area contributed by atoms with Gasteiger partial charge in [-0.3, -0.25) is 4.79 Å². The van der Waals surface area contributed by atoms with Crippen LogP contribution < -0.4 is 5.01 Å². The van der Waals surface area contributed by atoms with Crippen molar-refractivity contribution in [1.82, 2.24) is 4.90 Å². The maximum absolute atomic E-state index is 12.5. The Bertz CT molecular complexity index is 1110. The number of ketones is 1. The predicted molar refractivity (Wildman–Crippen MR) is 127 cm³/mol. The first-order valence-corrected chi connectivity index (χ1v) is 11.5. The normalized spacial score (nSPS) is 20.5. The summed E-state index contributed by atoms with van der Waals surface area (Å²) < 4.78 is 4.01. The fourth-order valence-corrected chi connectivity index (χ4v) is 6.64. The lowest BCUT2D eigenvalue weighted by Crippen LogP contribution is -2.49. The quantitative estimate of drug-likeness (QED) is 0.562. The number of rotatable bonds is 5. The summed E-state index contributed by atoms with van der Waals surface area (Å²) in [5, 5.41) is 7.01. The summed E-state index contributed by atoms with van der Waals surface area (Å²) in [4.78, 5) is 27.6. The summed E-state index contributed by atoms with van der Waals surface area (Å²) >= 11 is 9.15. The Labute approximate surface area is 194 Å². The van der Waals surface area contributed by atoms with Crippen molar-refractivity contribution in [2.45, 2.75) is 24.7 Å². The number of ether oxygens (including phenoxy) is 1. The molecule has 2 aliphatic rings. The number of halogens is 1. The van der Waals surface area contributed by atoms with Gasteiger partial charge in [0, 0.05) is 12.2 Å². The predicted octanol–water partition coefficient (Wildman–Crippen LogP) is 5.06.